The van der Waals surface area contributed by atoms with Crippen molar-refractivity contribution in [3.05, 3.63) is 100 Å². The minimum Gasteiger partial charge on any atom is -0.489 e. The lowest BCUT2D eigenvalue weighted by Crippen LogP contribution is -2.21. The fourth-order valence-corrected chi connectivity index (χ4v) is 3.54. The van der Waals surface area contributed by atoms with Crippen molar-refractivity contribution >= 4 is 11.6 Å². The predicted octanol–water partition coefficient (Wildman–Crippen LogP) is 6.86. The van der Waals surface area contributed by atoms with E-state index in [1.165, 1.54) is 16.7 Å². The molecule has 0 fully saturated rings. The molecule has 0 radical (unpaired) electrons. The normalized spacial score (nSPS) is 12.0. The highest BCUT2D eigenvalue weighted by molar-refractivity contribution is 6.30. The number of ether oxygens (including phenoxy) is 1. The molecule has 0 aromatic heterocycles. The van der Waals surface area contributed by atoms with Crippen LogP contribution < -0.4 is 10.1 Å². The summed E-state index contributed by atoms with van der Waals surface area (Å²) in [6, 6.07) is 25.1. The minimum absolute atomic E-state index is 0.314. The van der Waals surface area contributed by atoms with Gasteiger partial charge in [0.25, 0.3) is 0 Å². The van der Waals surface area contributed by atoms with Gasteiger partial charge in [-0.05, 0) is 48.2 Å². The van der Waals surface area contributed by atoms with Gasteiger partial charge in [0.15, 0.2) is 0 Å². The summed E-state index contributed by atoms with van der Waals surface area (Å²) in [5.74, 6) is 0.878. The smallest absolute Gasteiger partial charge is 0.124 e. The lowest BCUT2D eigenvalue weighted by atomic mass is 10.0. The Bertz CT molecular complexity index is 879. The summed E-state index contributed by atoms with van der Waals surface area (Å²) >= 11 is 6.27. The van der Waals surface area contributed by atoms with Gasteiger partial charge in [0.2, 0.25) is 0 Å². The standard InChI is InChI=1S/C25H28ClNO/c1-3-9-24(20-11-5-4-6-12-20)27-17-22-16-23(26)14-15-25(22)28-18-21-13-8-7-10-19(21)2/h4-8,10-16,24,27H,3,9,17-18H2,1-2H3. The lowest BCUT2D eigenvalue weighted by Gasteiger charge is -2.20. The molecule has 0 aliphatic carbocycles. The third kappa shape index (κ3) is 5.60. The summed E-state index contributed by atoms with van der Waals surface area (Å²) in [6.45, 7) is 5.59. The molecule has 0 amide bonds. The van der Waals surface area contributed by atoms with Gasteiger partial charge < -0.3 is 10.1 Å². The van der Waals surface area contributed by atoms with E-state index in [0.717, 1.165) is 29.2 Å². The Morgan fingerprint density at radius 1 is 0.929 bits per heavy atom. The second-order valence-corrected chi connectivity index (χ2v) is 7.54. The number of benzene rings is 3. The zero-order valence-corrected chi connectivity index (χ0v) is 17.4. The van der Waals surface area contributed by atoms with Crippen LogP contribution in [-0.2, 0) is 13.2 Å². The van der Waals surface area contributed by atoms with E-state index in [2.05, 4.69) is 61.6 Å². The van der Waals surface area contributed by atoms with Crippen LogP contribution in [0.3, 0.4) is 0 Å². The largest absolute Gasteiger partial charge is 0.489 e. The Morgan fingerprint density at radius 3 is 2.43 bits per heavy atom. The monoisotopic (exact) mass is 393 g/mol. The predicted molar refractivity (Wildman–Crippen MR) is 118 cm³/mol. The van der Waals surface area contributed by atoms with E-state index in [1.807, 2.05) is 30.3 Å². The molecule has 0 aliphatic heterocycles. The fraction of sp³-hybridized carbons (Fsp3) is 0.280. The van der Waals surface area contributed by atoms with E-state index in [9.17, 15) is 0 Å². The summed E-state index contributed by atoms with van der Waals surface area (Å²) in [4.78, 5) is 0. The van der Waals surface area contributed by atoms with Crippen LogP contribution in [0.1, 0.15) is 48.1 Å². The molecule has 0 heterocycles. The van der Waals surface area contributed by atoms with Crippen molar-refractivity contribution in [3.63, 3.8) is 0 Å². The van der Waals surface area contributed by atoms with Gasteiger partial charge in [-0.15, -0.1) is 0 Å². The molecule has 0 bridgehead atoms. The average Bonchev–Trinajstić information content (AvgIpc) is 2.72. The topological polar surface area (TPSA) is 21.3 Å². The summed E-state index contributed by atoms with van der Waals surface area (Å²) in [5.41, 5.74) is 4.83. The van der Waals surface area contributed by atoms with Crippen LogP contribution in [-0.4, -0.2) is 0 Å². The Balaban J connectivity index is 1.72. The van der Waals surface area contributed by atoms with Gasteiger partial charge >= 0.3 is 0 Å². The first-order valence-corrected chi connectivity index (χ1v) is 10.3. The van der Waals surface area contributed by atoms with Crippen molar-refractivity contribution in [2.45, 2.75) is 45.9 Å². The first kappa shape index (κ1) is 20.4. The number of aryl methyl sites for hydroxylation is 1. The van der Waals surface area contributed by atoms with Crippen molar-refractivity contribution in [2.24, 2.45) is 0 Å². The molecule has 146 valence electrons. The number of hydrogen-bond acceptors (Lipinski definition) is 2. The Morgan fingerprint density at radius 2 is 1.68 bits per heavy atom. The zero-order valence-electron chi connectivity index (χ0n) is 16.6. The van der Waals surface area contributed by atoms with Crippen molar-refractivity contribution < 1.29 is 4.74 Å². The van der Waals surface area contributed by atoms with Gasteiger partial charge in [-0.25, -0.2) is 0 Å². The Labute approximate surface area is 173 Å². The highest BCUT2D eigenvalue weighted by atomic mass is 35.5. The van der Waals surface area contributed by atoms with E-state index in [-0.39, 0.29) is 0 Å². The number of hydrogen-bond donors (Lipinski definition) is 1. The molecule has 3 heteroatoms. The SMILES string of the molecule is CCCC(NCc1cc(Cl)ccc1OCc1ccccc1C)c1ccccc1. The van der Waals surface area contributed by atoms with Gasteiger partial charge in [0.1, 0.15) is 12.4 Å². The maximum absolute atomic E-state index is 6.27. The maximum Gasteiger partial charge on any atom is 0.124 e. The second kappa shape index (κ2) is 10.3. The molecule has 3 aromatic rings. The highest BCUT2D eigenvalue weighted by Gasteiger charge is 2.12. The first-order valence-electron chi connectivity index (χ1n) is 9.91. The van der Waals surface area contributed by atoms with E-state index in [4.69, 9.17) is 16.3 Å². The van der Waals surface area contributed by atoms with Crippen molar-refractivity contribution in [2.75, 3.05) is 0 Å². The van der Waals surface area contributed by atoms with Crippen molar-refractivity contribution in [1.29, 1.82) is 0 Å². The van der Waals surface area contributed by atoms with E-state index >= 15 is 0 Å². The quantitative estimate of drug-likeness (QED) is 0.428. The molecular weight excluding hydrogens is 366 g/mol. The third-order valence-corrected chi connectivity index (χ3v) is 5.22. The molecule has 1 unspecified atom stereocenters. The van der Waals surface area contributed by atoms with Crippen LogP contribution in [0, 0.1) is 6.92 Å². The van der Waals surface area contributed by atoms with E-state index in [0.29, 0.717) is 19.2 Å². The van der Waals surface area contributed by atoms with Crippen LogP contribution in [0.5, 0.6) is 5.75 Å². The number of nitrogens with one attached hydrogen (secondary N) is 1. The molecule has 1 N–H and O–H groups in total. The molecule has 2 nitrogen and oxygen atoms in total. The van der Waals surface area contributed by atoms with Gasteiger partial charge in [0.05, 0.1) is 0 Å². The van der Waals surface area contributed by atoms with Gasteiger partial charge in [-0.1, -0.05) is 79.5 Å². The van der Waals surface area contributed by atoms with E-state index < -0.39 is 0 Å². The van der Waals surface area contributed by atoms with Crippen molar-refractivity contribution in [1.82, 2.24) is 5.32 Å². The molecule has 0 spiro atoms. The van der Waals surface area contributed by atoms with E-state index in [1.54, 1.807) is 0 Å². The zero-order chi connectivity index (χ0) is 19.8. The molecule has 1 atom stereocenters. The molecule has 0 saturated carbocycles. The van der Waals surface area contributed by atoms with Gasteiger partial charge in [0, 0.05) is 23.2 Å². The Hall–Kier alpha value is -2.29. The van der Waals surface area contributed by atoms with Crippen LogP contribution in [0.25, 0.3) is 0 Å². The van der Waals surface area contributed by atoms with Gasteiger partial charge in [-0.2, -0.15) is 0 Å². The molecule has 0 saturated heterocycles. The molecule has 3 aromatic carbocycles. The number of halogens is 1. The third-order valence-electron chi connectivity index (χ3n) is 4.99. The van der Waals surface area contributed by atoms with Crippen LogP contribution in [0.15, 0.2) is 72.8 Å². The summed E-state index contributed by atoms with van der Waals surface area (Å²) < 4.78 is 6.16. The summed E-state index contributed by atoms with van der Waals surface area (Å²) in [7, 11) is 0. The molecule has 0 aliphatic rings. The summed E-state index contributed by atoms with van der Waals surface area (Å²) in [6.07, 6.45) is 2.21. The Kier molecular flexibility index (Phi) is 7.53. The first-order chi connectivity index (χ1) is 13.7. The summed E-state index contributed by atoms with van der Waals surface area (Å²) in [5, 5.41) is 4.42. The fourth-order valence-electron chi connectivity index (χ4n) is 3.35. The molecular formula is C25H28ClNO. The van der Waals surface area contributed by atoms with Crippen LogP contribution >= 0.6 is 11.6 Å². The van der Waals surface area contributed by atoms with Crippen molar-refractivity contribution in [3.8, 4) is 5.75 Å². The second-order valence-electron chi connectivity index (χ2n) is 7.10. The lowest BCUT2D eigenvalue weighted by molar-refractivity contribution is 0.300. The number of rotatable bonds is 9. The maximum atomic E-state index is 6.27. The van der Waals surface area contributed by atoms with Gasteiger partial charge in [-0.3, -0.25) is 0 Å². The molecule has 3 rings (SSSR count). The minimum atomic E-state index is 0.314. The molecule has 28 heavy (non-hydrogen) atoms. The highest BCUT2D eigenvalue weighted by Crippen LogP contribution is 2.26. The van der Waals surface area contributed by atoms with Crippen LogP contribution in [0.2, 0.25) is 5.02 Å². The van der Waals surface area contributed by atoms with Crippen LogP contribution in [0.4, 0.5) is 0 Å². The average molecular weight is 394 g/mol.